The lowest BCUT2D eigenvalue weighted by Crippen LogP contribution is -2.26. The molecule has 1 fully saturated rings. The normalized spacial score (nSPS) is 21.6. The first kappa shape index (κ1) is 10.8. The van der Waals surface area contributed by atoms with E-state index in [2.05, 4.69) is 25.9 Å². The zero-order chi connectivity index (χ0) is 10.8. The fourth-order valence-electron chi connectivity index (χ4n) is 1.39. The second kappa shape index (κ2) is 4.42. The highest BCUT2D eigenvalue weighted by Crippen LogP contribution is 2.17. The van der Waals surface area contributed by atoms with Gasteiger partial charge in [0, 0.05) is 0 Å². The molecule has 1 aliphatic rings. The van der Waals surface area contributed by atoms with Crippen LogP contribution in [0.15, 0.2) is 9.27 Å². The van der Waals surface area contributed by atoms with Crippen molar-refractivity contribution in [3.63, 3.8) is 0 Å². The molecule has 1 unspecified atom stereocenters. The summed E-state index contributed by atoms with van der Waals surface area (Å²) >= 11 is 3.16. The molecule has 1 aliphatic heterocycles. The molecule has 0 radical (unpaired) electrons. The molecule has 15 heavy (non-hydrogen) atoms. The average molecular weight is 275 g/mol. The third-order valence-electron chi connectivity index (χ3n) is 2.17. The summed E-state index contributed by atoms with van der Waals surface area (Å²) in [5.74, 6) is 0.528. The highest BCUT2D eigenvalue weighted by atomic mass is 79.9. The second-order valence-electron chi connectivity index (χ2n) is 3.28. The highest BCUT2D eigenvalue weighted by Gasteiger charge is 2.20. The first-order chi connectivity index (χ1) is 7.18. The zero-order valence-corrected chi connectivity index (χ0v) is 9.83. The summed E-state index contributed by atoms with van der Waals surface area (Å²) in [5.41, 5.74) is 0.467. The number of aryl methyl sites for hydroxylation is 1. The van der Waals surface area contributed by atoms with Gasteiger partial charge in [0.2, 0.25) is 0 Å². The topological polar surface area (TPSA) is 64.2 Å². The number of hydrogen-bond donors (Lipinski definition) is 1. The largest absolute Gasteiger partial charge is 0.376 e. The minimum atomic E-state index is -0.266. The van der Waals surface area contributed by atoms with Gasteiger partial charge in [0.1, 0.15) is 16.4 Å². The number of nitrogens with one attached hydrogen (secondary N) is 1. The van der Waals surface area contributed by atoms with Gasteiger partial charge < -0.3 is 14.5 Å². The van der Waals surface area contributed by atoms with E-state index in [1.165, 1.54) is 0 Å². The Balaban J connectivity index is 2.32. The van der Waals surface area contributed by atoms with E-state index < -0.39 is 0 Å². The lowest BCUT2D eigenvalue weighted by atomic mass is 10.3. The molecule has 82 valence electrons. The van der Waals surface area contributed by atoms with Crippen LogP contribution in [0.2, 0.25) is 0 Å². The van der Waals surface area contributed by atoms with Gasteiger partial charge in [-0.3, -0.25) is 4.79 Å². The number of aromatic amines is 1. The van der Waals surface area contributed by atoms with Crippen LogP contribution < -0.4 is 5.56 Å². The van der Waals surface area contributed by atoms with Crippen molar-refractivity contribution >= 4 is 15.9 Å². The van der Waals surface area contributed by atoms with Gasteiger partial charge in [0.05, 0.1) is 25.5 Å². The molecule has 5 nitrogen and oxygen atoms in total. The predicted octanol–water partition coefficient (Wildman–Crippen LogP) is 0.929. The van der Waals surface area contributed by atoms with E-state index in [4.69, 9.17) is 9.47 Å². The Morgan fingerprint density at radius 1 is 1.53 bits per heavy atom. The van der Waals surface area contributed by atoms with Crippen molar-refractivity contribution in [1.29, 1.82) is 0 Å². The number of rotatable bonds is 1. The van der Waals surface area contributed by atoms with Crippen LogP contribution in [-0.4, -0.2) is 29.8 Å². The molecule has 2 rings (SSSR count). The predicted molar refractivity (Wildman–Crippen MR) is 56.8 cm³/mol. The number of nitrogens with zero attached hydrogens (tertiary/aromatic N) is 1. The minimum Gasteiger partial charge on any atom is -0.376 e. The maximum absolute atomic E-state index is 11.5. The molecule has 0 amide bonds. The third-order valence-corrected chi connectivity index (χ3v) is 3.10. The SMILES string of the molecule is Cc1nc(C2COCCO2)[nH]c(=O)c1Br. The molecule has 6 heteroatoms. The summed E-state index contributed by atoms with van der Waals surface area (Å²) < 4.78 is 11.1. The van der Waals surface area contributed by atoms with Gasteiger partial charge in [-0.1, -0.05) is 0 Å². The molecule has 1 aromatic rings. The van der Waals surface area contributed by atoms with Crippen LogP contribution in [0.1, 0.15) is 17.6 Å². The standard InChI is InChI=1S/C9H11BrN2O3/c1-5-7(10)9(13)12-8(11-5)6-4-14-2-3-15-6/h6H,2-4H2,1H3,(H,11,12,13). The van der Waals surface area contributed by atoms with Gasteiger partial charge in [0.25, 0.3) is 5.56 Å². The Bertz CT molecular complexity index is 412. The first-order valence-electron chi connectivity index (χ1n) is 4.64. The molecule has 0 bridgehead atoms. The Kier molecular flexibility index (Phi) is 3.18. The Hall–Kier alpha value is -0.720. The molecule has 0 spiro atoms. The number of aromatic nitrogens is 2. The number of halogens is 1. The molecule has 1 aromatic heterocycles. The fraction of sp³-hybridized carbons (Fsp3) is 0.556. The van der Waals surface area contributed by atoms with E-state index in [9.17, 15) is 4.79 Å². The molecule has 2 heterocycles. The van der Waals surface area contributed by atoms with E-state index in [0.29, 0.717) is 35.8 Å². The van der Waals surface area contributed by atoms with Crippen LogP contribution in [0.4, 0.5) is 0 Å². The molecule has 0 aliphatic carbocycles. The quantitative estimate of drug-likeness (QED) is 0.828. The summed E-state index contributed by atoms with van der Waals surface area (Å²) in [4.78, 5) is 18.4. The van der Waals surface area contributed by atoms with Gasteiger partial charge >= 0.3 is 0 Å². The third kappa shape index (κ3) is 2.27. The summed E-state index contributed by atoms with van der Waals surface area (Å²) in [6.07, 6.45) is -0.266. The van der Waals surface area contributed by atoms with Crippen molar-refractivity contribution in [3.8, 4) is 0 Å². The van der Waals surface area contributed by atoms with Crippen LogP contribution in [-0.2, 0) is 9.47 Å². The molecular formula is C9H11BrN2O3. The van der Waals surface area contributed by atoms with Crippen LogP contribution in [0.3, 0.4) is 0 Å². The fourth-order valence-corrected chi connectivity index (χ4v) is 1.58. The number of hydrogen-bond acceptors (Lipinski definition) is 4. The maximum atomic E-state index is 11.5. The molecule has 0 aromatic carbocycles. The highest BCUT2D eigenvalue weighted by molar-refractivity contribution is 9.10. The van der Waals surface area contributed by atoms with E-state index in [-0.39, 0.29) is 11.7 Å². The number of ether oxygens (including phenoxy) is 2. The molecule has 0 saturated carbocycles. The van der Waals surface area contributed by atoms with Crippen molar-refractivity contribution in [2.75, 3.05) is 19.8 Å². The summed E-state index contributed by atoms with van der Waals surface area (Å²) in [6, 6.07) is 0. The van der Waals surface area contributed by atoms with Crippen molar-refractivity contribution in [2.45, 2.75) is 13.0 Å². The first-order valence-corrected chi connectivity index (χ1v) is 5.43. The Morgan fingerprint density at radius 2 is 2.33 bits per heavy atom. The van der Waals surface area contributed by atoms with Crippen molar-refractivity contribution in [2.24, 2.45) is 0 Å². The van der Waals surface area contributed by atoms with E-state index in [0.717, 1.165) is 0 Å². The van der Waals surface area contributed by atoms with Crippen molar-refractivity contribution < 1.29 is 9.47 Å². The monoisotopic (exact) mass is 274 g/mol. The van der Waals surface area contributed by atoms with Gasteiger partial charge in [-0.25, -0.2) is 4.98 Å². The summed E-state index contributed by atoms with van der Waals surface area (Å²) in [6.45, 7) is 3.33. The minimum absolute atomic E-state index is 0.188. The molecule has 1 N–H and O–H groups in total. The smallest absolute Gasteiger partial charge is 0.265 e. The second-order valence-corrected chi connectivity index (χ2v) is 4.08. The average Bonchev–Trinajstić information content (AvgIpc) is 2.26. The maximum Gasteiger partial charge on any atom is 0.265 e. The lowest BCUT2D eigenvalue weighted by Gasteiger charge is -2.22. The van der Waals surface area contributed by atoms with E-state index >= 15 is 0 Å². The Labute approximate surface area is 94.9 Å². The van der Waals surface area contributed by atoms with Gasteiger partial charge in [0.15, 0.2) is 0 Å². The lowest BCUT2D eigenvalue weighted by molar-refractivity contribution is -0.0936. The molecular weight excluding hydrogens is 264 g/mol. The summed E-state index contributed by atoms with van der Waals surface area (Å²) in [7, 11) is 0. The van der Waals surface area contributed by atoms with Crippen LogP contribution in [0.25, 0.3) is 0 Å². The van der Waals surface area contributed by atoms with Gasteiger partial charge in [-0.15, -0.1) is 0 Å². The van der Waals surface area contributed by atoms with E-state index in [1.807, 2.05) is 0 Å². The van der Waals surface area contributed by atoms with Gasteiger partial charge in [-0.2, -0.15) is 0 Å². The summed E-state index contributed by atoms with van der Waals surface area (Å²) in [5, 5.41) is 0. The zero-order valence-electron chi connectivity index (χ0n) is 8.25. The van der Waals surface area contributed by atoms with Crippen LogP contribution in [0.5, 0.6) is 0 Å². The van der Waals surface area contributed by atoms with Crippen LogP contribution in [0, 0.1) is 6.92 Å². The van der Waals surface area contributed by atoms with Crippen molar-refractivity contribution in [1.82, 2.24) is 9.97 Å². The molecule has 1 atom stereocenters. The Morgan fingerprint density at radius 3 is 2.93 bits per heavy atom. The van der Waals surface area contributed by atoms with Gasteiger partial charge in [-0.05, 0) is 22.9 Å². The van der Waals surface area contributed by atoms with Crippen LogP contribution >= 0.6 is 15.9 Å². The van der Waals surface area contributed by atoms with E-state index in [1.54, 1.807) is 6.92 Å². The molecule has 1 saturated heterocycles. The number of H-pyrrole nitrogens is 1. The van der Waals surface area contributed by atoms with Crippen molar-refractivity contribution in [3.05, 3.63) is 26.3 Å².